The molecule has 1 aliphatic rings. The molecule has 0 heterocycles. The first kappa shape index (κ1) is 21.7. The Morgan fingerprint density at radius 1 is 1.08 bits per heavy atom. The number of ether oxygens (including phenoxy) is 2. The maximum absolute atomic E-state index is 12.0. The molecule has 1 aliphatic carbocycles. The van der Waals surface area contributed by atoms with Gasteiger partial charge in [-0.25, -0.2) is 0 Å². The van der Waals surface area contributed by atoms with Crippen molar-refractivity contribution in [2.24, 2.45) is 5.41 Å². The number of esters is 2. The van der Waals surface area contributed by atoms with Gasteiger partial charge in [0.1, 0.15) is 12.4 Å². The summed E-state index contributed by atoms with van der Waals surface area (Å²) in [5.41, 5.74) is 0.996. The van der Waals surface area contributed by atoms with Gasteiger partial charge in [0.25, 0.3) is 0 Å². The molecule has 0 fully saturated rings. The number of carbonyl (C=O) groups excluding carboxylic acids is 2. The summed E-state index contributed by atoms with van der Waals surface area (Å²) in [5, 5.41) is 0. The Morgan fingerprint density at radius 2 is 1.73 bits per heavy atom. The second-order valence-corrected chi connectivity index (χ2v) is 6.94. The van der Waals surface area contributed by atoms with Crippen LogP contribution in [-0.2, 0) is 19.1 Å². The first-order valence-corrected chi connectivity index (χ1v) is 9.04. The smallest absolute Gasteiger partial charge is 0.311 e. The van der Waals surface area contributed by atoms with E-state index < -0.39 is 5.97 Å². The van der Waals surface area contributed by atoms with Crippen molar-refractivity contribution >= 4 is 11.9 Å². The second-order valence-electron chi connectivity index (χ2n) is 6.94. The molecule has 26 heavy (non-hydrogen) atoms. The minimum atomic E-state index is -0.407. The number of hydrogen-bond acceptors (Lipinski definition) is 4. The predicted octanol–water partition coefficient (Wildman–Crippen LogP) is 5.19. The molecule has 0 bridgehead atoms. The highest BCUT2D eigenvalue weighted by Gasteiger charge is 2.31. The Kier molecular flexibility index (Phi) is 9.42. The van der Waals surface area contributed by atoms with Gasteiger partial charge >= 0.3 is 11.9 Å². The molecule has 0 saturated heterocycles. The maximum Gasteiger partial charge on any atom is 0.311 e. The van der Waals surface area contributed by atoms with Gasteiger partial charge in [-0.1, -0.05) is 56.9 Å². The molecule has 0 aromatic rings. The van der Waals surface area contributed by atoms with E-state index in [0.29, 0.717) is 0 Å². The maximum atomic E-state index is 12.0. The van der Waals surface area contributed by atoms with Crippen LogP contribution in [0.4, 0.5) is 0 Å². The van der Waals surface area contributed by atoms with Gasteiger partial charge in [0.15, 0.2) is 0 Å². The number of allylic oxidation sites excluding steroid dienone is 8. The topological polar surface area (TPSA) is 52.6 Å². The average molecular weight is 358 g/mol. The zero-order valence-corrected chi connectivity index (χ0v) is 16.1. The first-order chi connectivity index (χ1) is 12.4. The van der Waals surface area contributed by atoms with Crippen molar-refractivity contribution in [2.75, 3.05) is 6.61 Å². The van der Waals surface area contributed by atoms with Crippen LogP contribution < -0.4 is 0 Å². The van der Waals surface area contributed by atoms with Gasteiger partial charge in [-0.05, 0) is 37.8 Å². The zero-order chi connectivity index (χ0) is 19.4. The largest absolute Gasteiger partial charge is 0.461 e. The average Bonchev–Trinajstić information content (AvgIpc) is 2.58. The molecule has 0 amide bonds. The summed E-state index contributed by atoms with van der Waals surface area (Å²) in [6, 6.07) is 0. The van der Waals surface area contributed by atoms with Crippen LogP contribution in [0.15, 0.2) is 60.4 Å². The monoisotopic (exact) mass is 358 g/mol. The number of carbonyl (C=O) groups is 2. The highest BCUT2D eigenvalue weighted by atomic mass is 16.5. The van der Waals surface area contributed by atoms with E-state index in [-0.39, 0.29) is 30.8 Å². The molecule has 0 aromatic heterocycles. The van der Waals surface area contributed by atoms with Gasteiger partial charge in [-0.15, -0.1) is 0 Å². The minimum Gasteiger partial charge on any atom is -0.461 e. The molecule has 0 radical (unpaired) electrons. The third-order valence-electron chi connectivity index (χ3n) is 4.16. The molecule has 0 unspecified atom stereocenters. The molecule has 0 spiro atoms. The van der Waals surface area contributed by atoms with Crippen LogP contribution in [0, 0.1) is 5.41 Å². The summed E-state index contributed by atoms with van der Waals surface area (Å²) in [6.45, 7) is 9.92. The van der Waals surface area contributed by atoms with Crippen LogP contribution in [0.25, 0.3) is 0 Å². The molecular formula is C22H30O4. The molecular weight excluding hydrogens is 328 g/mol. The van der Waals surface area contributed by atoms with Crippen LogP contribution in [0.3, 0.4) is 0 Å². The van der Waals surface area contributed by atoms with Crippen molar-refractivity contribution in [3.05, 3.63) is 60.4 Å². The van der Waals surface area contributed by atoms with Gasteiger partial charge in [0.05, 0.1) is 12.8 Å². The van der Waals surface area contributed by atoms with Crippen LogP contribution >= 0.6 is 0 Å². The summed E-state index contributed by atoms with van der Waals surface area (Å²) < 4.78 is 10.6. The molecule has 4 heteroatoms. The number of rotatable bonds is 9. The third kappa shape index (κ3) is 8.15. The predicted molar refractivity (Wildman–Crippen MR) is 104 cm³/mol. The fraction of sp³-hybridized carbons (Fsp3) is 0.455. The molecule has 4 nitrogen and oxygen atoms in total. The van der Waals surface area contributed by atoms with E-state index in [1.54, 1.807) is 18.2 Å². The van der Waals surface area contributed by atoms with E-state index in [4.69, 9.17) is 9.47 Å². The van der Waals surface area contributed by atoms with Gasteiger partial charge in [-0.2, -0.15) is 0 Å². The van der Waals surface area contributed by atoms with E-state index in [1.807, 2.05) is 31.2 Å². The first-order valence-electron chi connectivity index (χ1n) is 9.04. The van der Waals surface area contributed by atoms with Gasteiger partial charge in [0, 0.05) is 5.41 Å². The van der Waals surface area contributed by atoms with Crippen molar-refractivity contribution in [3.63, 3.8) is 0 Å². The van der Waals surface area contributed by atoms with E-state index >= 15 is 0 Å². The lowest BCUT2D eigenvalue weighted by molar-refractivity contribution is -0.148. The molecule has 1 rings (SSSR count). The standard InChI is InChI=1S/C22H30O4/c1-5-6-7-8-9-10-11-17-25-19(23)14-15-20(24)26-21-18(2)13-12-16-22(21,3)4/h5-11H,1,12-17H2,2-4H3. The molecule has 0 saturated carbocycles. The fourth-order valence-electron chi connectivity index (χ4n) is 2.81. The van der Waals surface area contributed by atoms with Crippen molar-refractivity contribution in [1.82, 2.24) is 0 Å². The van der Waals surface area contributed by atoms with E-state index in [9.17, 15) is 9.59 Å². The van der Waals surface area contributed by atoms with Crippen LogP contribution in [-0.4, -0.2) is 18.5 Å². The zero-order valence-electron chi connectivity index (χ0n) is 16.1. The van der Waals surface area contributed by atoms with Crippen molar-refractivity contribution in [2.45, 2.75) is 52.9 Å². The third-order valence-corrected chi connectivity index (χ3v) is 4.16. The van der Waals surface area contributed by atoms with Crippen LogP contribution in [0.5, 0.6) is 0 Å². The van der Waals surface area contributed by atoms with Crippen LogP contribution in [0.2, 0.25) is 0 Å². The van der Waals surface area contributed by atoms with E-state index in [2.05, 4.69) is 20.4 Å². The quantitative estimate of drug-likeness (QED) is 0.420. The lowest BCUT2D eigenvalue weighted by Crippen LogP contribution is -2.24. The molecule has 142 valence electrons. The molecule has 0 N–H and O–H groups in total. The Morgan fingerprint density at radius 3 is 2.42 bits per heavy atom. The summed E-state index contributed by atoms with van der Waals surface area (Å²) in [5.74, 6) is -0.0168. The Hall–Kier alpha value is -2.36. The summed E-state index contributed by atoms with van der Waals surface area (Å²) in [6.07, 6.45) is 15.7. The lowest BCUT2D eigenvalue weighted by Gasteiger charge is -2.32. The van der Waals surface area contributed by atoms with Crippen molar-refractivity contribution in [3.8, 4) is 0 Å². The van der Waals surface area contributed by atoms with Gasteiger partial charge in [0.2, 0.25) is 0 Å². The van der Waals surface area contributed by atoms with Crippen LogP contribution in [0.1, 0.15) is 52.9 Å². The SMILES string of the molecule is C=CC=CC=CC=CCOC(=O)CCC(=O)OC1=C(C)CCCC1(C)C. The highest BCUT2D eigenvalue weighted by Crippen LogP contribution is 2.40. The molecule has 0 atom stereocenters. The minimum absolute atomic E-state index is 0.0251. The lowest BCUT2D eigenvalue weighted by atomic mass is 9.78. The summed E-state index contributed by atoms with van der Waals surface area (Å²) >= 11 is 0. The van der Waals surface area contributed by atoms with E-state index in [1.165, 1.54) is 0 Å². The summed E-state index contributed by atoms with van der Waals surface area (Å²) in [7, 11) is 0. The van der Waals surface area contributed by atoms with Crippen molar-refractivity contribution < 1.29 is 19.1 Å². The van der Waals surface area contributed by atoms with Gasteiger partial charge < -0.3 is 9.47 Å². The van der Waals surface area contributed by atoms with Gasteiger partial charge in [-0.3, -0.25) is 9.59 Å². The number of hydrogen-bond donors (Lipinski definition) is 0. The second kappa shape index (κ2) is 11.3. The van der Waals surface area contributed by atoms with E-state index in [0.717, 1.165) is 30.6 Å². The normalized spacial score (nSPS) is 17.2. The molecule has 0 aromatic carbocycles. The Bertz CT molecular complexity index is 618. The Labute approximate surface area is 156 Å². The fourth-order valence-corrected chi connectivity index (χ4v) is 2.81. The Balaban J connectivity index is 2.31. The summed E-state index contributed by atoms with van der Waals surface area (Å²) in [4.78, 5) is 23.7. The molecule has 0 aliphatic heterocycles. The highest BCUT2D eigenvalue weighted by molar-refractivity contribution is 5.78. The van der Waals surface area contributed by atoms with Crippen molar-refractivity contribution in [1.29, 1.82) is 0 Å².